The van der Waals surface area contributed by atoms with Crippen LogP contribution in [0.25, 0.3) is 0 Å². The highest BCUT2D eigenvalue weighted by molar-refractivity contribution is 5.87. The van der Waals surface area contributed by atoms with E-state index in [4.69, 9.17) is 4.74 Å². The molecule has 2 heterocycles. The molecule has 24 heavy (non-hydrogen) atoms. The molecule has 1 N–H and O–H groups in total. The van der Waals surface area contributed by atoms with Crippen molar-refractivity contribution in [2.75, 3.05) is 13.7 Å². The third-order valence-corrected chi connectivity index (χ3v) is 4.16. The van der Waals surface area contributed by atoms with Gasteiger partial charge in [0.1, 0.15) is 6.04 Å². The summed E-state index contributed by atoms with van der Waals surface area (Å²) < 4.78 is 4.85. The highest BCUT2D eigenvalue weighted by atomic mass is 16.5. The van der Waals surface area contributed by atoms with Gasteiger partial charge in [-0.3, -0.25) is 14.7 Å². The van der Waals surface area contributed by atoms with Crippen LogP contribution in [0.15, 0.2) is 48.8 Å². The lowest BCUT2D eigenvalue weighted by Gasteiger charge is -2.35. The van der Waals surface area contributed by atoms with Crippen LogP contribution in [0.4, 0.5) is 4.79 Å². The first-order valence-corrected chi connectivity index (χ1v) is 7.79. The highest BCUT2D eigenvalue weighted by Crippen LogP contribution is 2.30. The number of nitrogens with one attached hydrogen (secondary N) is 1. The van der Waals surface area contributed by atoms with Gasteiger partial charge in [0.2, 0.25) is 5.91 Å². The van der Waals surface area contributed by atoms with Gasteiger partial charge in [0.15, 0.2) is 0 Å². The first-order chi connectivity index (χ1) is 11.7. The number of ether oxygens (including phenoxy) is 1. The molecule has 2 amide bonds. The van der Waals surface area contributed by atoms with Crippen LogP contribution in [0.5, 0.6) is 0 Å². The van der Waals surface area contributed by atoms with Gasteiger partial charge < -0.3 is 10.1 Å². The lowest BCUT2D eigenvalue weighted by atomic mass is 9.92. The molecule has 0 fully saturated rings. The lowest BCUT2D eigenvalue weighted by Crippen LogP contribution is -2.47. The Morgan fingerprint density at radius 3 is 2.75 bits per heavy atom. The fourth-order valence-electron chi connectivity index (χ4n) is 2.95. The van der Waals surface area contributed by atoms with Gasteiger partial charge in [-0.25, -0.2) is 4.79 Å². The number of aromatic nitrogens is 1. The molecule has 124 valence electrons. The largest absolute Gasteiger partial charge is 0.453 e. The van der Waals surface area contributed by atoms with Crippen LogP contribution in [0, 0.1) is 0 Å². The van der Waals surface area contributed by atoms with Crippen molar-refractivity contribution < 1.29 is 14.3 Å². The van der Waals surface area contributed by atoms with Crippen LogP contribution in [0.3, 0.4) is 0 Å². The summed E-state index contributed by atoms with van der Waals surface area (Å²) in [6.07, 6.45) is 3.57. The Labute approximate surface area is 140 Å². The Morgan fingerprint density at radius 1 is 1.25 bits per heavy atom. The third kappa shape index (κ3) is 3.22. The second kappa shape index (κ2) is 7.12. The average molecular weight is 325 g/mol. The van der Waals surface area contributed by atoms with Gasteiger partial charge >= 0.3 is 6.09 Å². The van der Waals surface area contributed by atoms with E-state index in [-0.39, 0.29) is 5.91 Å². The maximum Gasteiger partial charge on any atom is 0.410 e. The molecule has 0 aliphatic carbocycles. The van der Waals surface area contributed by atoms with Crippen LogP contribution in [-0.2, 0) is 22.5 Å². The predicted molar refractivity (Wildman–Crippen MR) is 88.1 cm³/mol. The fourth-order valence-corrected chi connectivity index (χ4v) is 2.95. The van der Waals surface area contributed by atoms with Gasteiger partial charge in [-0.2, -0.15) is 0 Å². The summed E-state index contributed by atoms with van der Waals surface area (Å²) in [6.45, 7) is 0.839. The highest BCUT2D eigenvalue weighted by Gasteiger charge is 2.36. The van der Waals surface area contributed by atoms with E-state index in [1.54, 1.807) is 12.4 Å². The molecule has 1 aliphatic rings. The van der Waals surface area contributed by atoms with E-state index in [9.17, 15) is 9.59 Å². The molecule has 6 heteroatoms. The molecule has 1 atom stereocenters. The van der Waals surface area contributed by atoms with E-state index in [2.05, 4.69) is 10.3 Å². The Hall–Kier alpha value is -2.89. The van der Waals surface area contributed by atoms with Gasteiger partial charge in [0.25, 0.3) is 0 Å². The molecule has 0 bridgehead atoms. The van der Waals surface area contributed by atoms with Gasteiger partial charge in [-0.05, 0) is 35.2 Å². The van der Waals surface area contributed by atoms with Crippen molar-refractivity contribution in [1.29, 1.82) is 0 Å². The standard InChI is InChI=1S/C18H19N3O3/c1-24-18(23)21-11-8-14-4-2-3-5-15(14)16(21)17(22)20-12-13-6-9-19-10-7-13/h2-7,9-10,16H,8,11-12H2,1H3,(H,20,22)/t16-/m1/s1. The minimum absolute atomic E-state index is 0.218. The molecule has 2 aromatic rings. The first kappa shape index (κ1) is 16.0. The Morgan fingerprint density at radius 2 is 2.00 bits per heavy atom. The molecule has 3 rings (SSSR count). The molecule has 0 radical (unpaired) electrons. The van der Waals surface area contributed by atoms with Gasteiger partial charge in [0, 0.05) is 25.5 Å². The number of methoxy groups -OCH3 is 1. The molecule has 0 saturated heterocycles. The number of benzene rings is 1. The Balaban J connectivity index is 1.83. The SMILES string of the molecule is COC(=O)N1CCc2ccccc2[C@@H]1C(=O)NCc1ccncc1. The molecule has 0 unspecified atom stereocenters. The van der Waals surface area contributed by atoms with Crippen molar-refractivity contribution in [2.45, 2.75) is 19.0 Å². The molecular weight excluding hydrogens is 306 g/mol. The molecular formula is C18H19N3O3. The number of hydrogen-bond acceptors (Lipinski definition) is 4. The van der Waals surface area contributed by atoms with E-state index in [0.29, 0.717) is 19.5 Å². The zero-order chi connectivity index (χ0) is 16.9. The first-order valence-electron chi connectivity index (χ1n) is 7.79. The van der Waals surface area contributed by atoms with Crippen LogP contribution in [0.2, 0.25) is 0 Å². The summed E-state index contributed by atoms with van der Waals surface area (Å²) in [4.78, 5) is 30.3. The quantitative estimate of drug-likeness (QED) is 0.938. The molecule has 6 nitrogen and oxygen atoms in total. The molecule has 0 spiro atoms. The molecule has 1 aliphatic heterocycles. The smallest absolute Gasteiger partial charge is 0.410 e. The second-order valence-corrected chi connectivity index (χ2v) is 5.59. The van der Waals surface area contributed by atoms with Crippen LogP contribution < -0.4 is 5.32 Å². The van der Waals surface area contributed by atoms with Crippen LogP contribution >= 0.6 is 0 Å². The summed E-state index contributed by atoms with van der Waals surface area (Å²) in [5.74, 6) is -0.218. The zero-order valence-electron chi connectivity index (χ0n) is 13.4. The molecule has 1 aromatic carbocycles. The number of amides is 2. The lowest BCUT2D eigenvalue weighted by molar-refractivity contribution is -0.126. The maximum absolute atomic E-state index is 12.8. The number of rotatable bonds is 3. The number of carbonyl (C=O) groups excluding carboxylic acids is 2. The van der Waals surface area contributed by atoms with Crippen LogP contribution in [-0.4, -0.2) is 35.5 Å². The van der Waals surface area contributed by atoms with Crippen molar-refractivity contribution in [3.8, 4) is 0 Å². The molecule has 1 aromatic heterocycles. The third-order valence-electron chi connectivity index (χ3n) is 4.16. The minimum atomic E-state index is -0.677. The second-order valence-electron chi connectivity index (χ2n) is 5.59. The van der Waals surface area contributed by atoms with E-state index in [1.165, 1.54) is 12.0 Å². The summed E-state index contributed by atoms with van der Waals surface area (Å²) in [5.41, 5.74) is 2.88. The number of carbonyl (C=O) groups is 2. The zero-order valence-corrected chi connectivity index (χ0v) is 13.4. The number of pyridine rings is 1. The van der Waals surface area contributed by atoms with Gasteiger partial charge in [0.05, 0.1) is 7.11 Å². The van der Waals surface area contributed by atoms with Gasteiger partial charge in [-0.1, -0.05) is 24.3 Å². The van der Waals surface area contributed by atoms with Crippen LogP contribution in [0.1, 0.15) is 22.7 Å². The van der Waals surface area contributed by atoms with Crippen molar-refractivity contribution in [3.05, 3.63) is 65.5 Å². The van der Waals surface area contributed by atoms with Crippen molar-refractivity contribution >= 4 is 12.0 Å². The van der Waals surface area contributed by atoms with E-state index < -0.39 is 12.1 Å². The van der Waals surface area contributed by atoms with Crippen molar-refractivity contribution in [3.63, 3.8) is 0 Å². The minimum Gasteiger partial charge on any atom is -0.453 e. The number of hydrogen-bond donors (Lipinski definition) is 1. The summed E-state index contributed by atoms with van der Waals surface area (Å²) in [5, 5.41) is 2.90. The monoisotopic (exact) mass is 325 g/mol. The predicted octanol–water partition coefficient (Wildman–Crippen LogP) is 2.06. The summed E-state index contributed by atoms with van der Waals surface area (Å²) >= 11 is 0. The summed E-state index contributed by atoms with van der Waals surface area (Å²) in [7, 11) is 1.33. The average Bonchev–Trinajstić information content (AvgIpc) is 2.65. The van der Waals surface area contributed by atoms with E-state index in [0.717, 1.165) is 16.7 Å². The van der Waals surface area contributed by atoms with E-state index in [1.807, 2.05) is 36.4 Å². The Bertz CT molecular complexity index is 733. The molecule has 0 saturated carbocycles. The number of nitrogens with zero attached hydrogens (tertiary/aromatic N) is 2. The number of fused-ring (bicyclic) bond motifs is 1. The van der Waals surface area contributed by atoms with Gasteiger partial charge in [-0.15, -0.1) is 0 Å². The normalized spacial score (nSPS) is 16.2. The topological polar surface area (TPSA) is 71.5 Å². The Kier molecular flexibility index (Phi) is 4.74. The fraction of sp³-hybridized carbons (Fsp3) is 0.278. The van der Waals surface area contributed by atoms with E-state index >= 15 is 0 Å². The maximum atomic E-state index is 12.8. The summed E-state index contributed by atoms with van der Waals surface area (Å²) in [6, 6.07) is 10.7. The van der Waals surface area contributed by atoms with Crippen molar-refractivity contribution in [1.82, 2.24) is 15.2 Å². The van der Waals surface area contributed by atoms with Crippen molar-refractivity contribution in [2.24, 2.45) is 0 Å².